The van der Waals surface area contributed by atoms with E-state index in [1.54, 1.807) is 0 Å². The highest BCUT2D eigenvalue weighted by molar-refractivity contribution is 6.35. The van der Waals surface area contributed by atoms with Crippen LogP contribution in [0.3, 0.4) is 0 Å². The Kier molecular flexibility index (Phi) is 4.21. The maximum absolute atomic E-state index is 11.5. The maximum Gasteiger partial charge on any atom is 0.288 e. The molecule has 16 heavy (non-hydrogen) atoms. The molecule has 0 saturated carbocycles. The summed E-state index contributed by atoms with van der Waals surface area (Å²) in [7, 11) is 0. The molecular formula is C9H9ClN2O4. The third-order valence-electron chi connectivity index (χ3n) is 1.82. The van der Waals surface area contributed by atoms with Gasteiger partial charge in [0, 0.05) is 12.6 Å². The first kappa shape index (κ1) is 12.4. The number of aliphatic hydroxyl groups excluding tert-OH is 1. The highest BCUT2D eigenvalue weighted by Crippen LogP contribution is 2.27. The SMILES string of the molecule is O=C(NCCO)c1cccc([N+](=O)[O-])c1Cl. The number of aliphatic hydroxyl groups is 1. The summed E-state index contributed by atoms with van der Waals surface area (Å²) in [6, 6.07) is 3.96. The van der Waals surface area contributed by atoms with Crippen molar-refractivity contribution in [3.8, 4) is 0 Å². The molecule has 2 N–H and O–H groups in total. The Labute approximate surface area is 96.0 Å². The predicted octanol–water partition coefficient (Wildman–Crippen LogP) is 0.970. The van der Waals surface area contributed by atoms with E-state index in [2.05, 4.69) is 5.32 Å². The molecule has 0 aliphatic heterocycles. The normalized spacial score (nSPS) is 9.88. The Morgan fingerprint density at radius 1 is 1.56 bits per heavy atom. The summed E-state index contributed by atoms with van der Waals surface area (Å²) in [4.78, 5) is 21.4. The van der Waals surface area contributed by atoms with E-state index in [1.165, 1.54) is 18.2 Å². The van der Waals surface area contributed by atoms with Crippen LogP contribution in [0.5, 0.6) is 0 Å². The molecule has 0 bridgehead atoms. The van der Waals surface area contributed by atoms with Gasteiger partial charge < -0.3 is 10.4 Å². The fourth-order valence-electron chi connectivity index (χ4n) is 1.10. The monoisotopic (exact) mass is 244 g/mol. The van der Waals surface area contributed by atoms with Gasteiger partial charge in [-0.3, -0.25) is 14.9 Å². The number of hydrogen-bond donors (Lipinski definition) is 2. The van der Waals surface area contributed by atoms with E-state index in [-0.39, 0.29) is 29.4 Å². The number of nitrogens with one attached hydrogen (secondary N) is 1. The molecule has 1 aromatic carbocycles. The van der Waals surface area contributed by atoms with Crippen molar-refractivity contribution in [2.75, 3.05) is 13.2 Å². The third kappa shape index (κ3) is 2.68. The lowest BCUT2D eigenvalue weighted by Crippen LogP contribution is -2.26. The van der Waals surface area contributed by atoms with Crippen LogP contribution in [0.15, 0.2) is 18.2 Å². The van der Waals surface area contributed by atoms with Crippen LogP contribution < -0.4 is 5.32 Å². The molecule has 0 radical (unpaired) electrons. The van der Waals surface area contributed by atoms with Crippen LogP contribution in [-0.4, -0.2) is 29.1 Å². The van der Waals surface area contributed by atoms with Crippen molar-refractivity contribution in [1.29, 1.82) is 0 Å². The molecule has 1 rings (SSSR count). The van der Waals surface area contributed by atoms with Crippen molar-refractivity contribution in [3.05, 3.63) is 38.9 Å². The molecule has 1 aromatic rings. The van der Waals surface area contributed by atoms with E-state index < -0.39 is 10.8 Å². The molecule has 0 saturated heterocycles. The Balaban J connectivity index is 3.01. The third-order valence-corrected chi connectivity index (χ3v) is 2.21. The van der Waals surface area contributed by atoms with Crippen LogP contribution in [0, 0.1) is 10.1 Å². The molecule has 7 heteroatoms. The number of hydrogen-bond acceptors (Lipinski definition) is 4. The minimum Gasteiger partial charge on any atom is -0.395 e. The van der Waals surface area contributed by atoms with Gasteiger partial charge in [0.25, 0.3) is 11.6 Å². The average molecular weight is 245 g/mol. The van der Waals surface area contributed by atoms with E-state index >= 15 is 0 Å². The van der Waals surface area contributed by atoms with Gasteiger partial charge in [0.05, 0.1) is 17.1 Å². The van der Waals surface area contributed by atoms with Crippen LogP contribution in [0.2, 0.25) is 5.02 Å². The van der Waals surface area contributed by atoms with Crippen molar-refractivity contribution in [2.24, 2.45) is 0 Å². The summed E-state index contributed by atoms with van der Waals surface area (Å²) in [5.74, 6) is -0.553. The number of rotatable bonds is 4. The molecule has 0 aromatic heterocycles. The minimum absolute atomic E-state index is 0.0179. The van der Waals surface area contributed by atoms with E-state index in [9.17, 15) is 14.9 Å². The van der Waals surface area contributed by atoms with Gasteiger partial charge in [-0.2, -0.15) is 0 Å². The first-order chi connectivity index (χ1) is 7.57. The molecule has 0 atom stereocenters. The van der Waals surface area contributed by atoms with Crippen LogP contribution in [0.4, 0.5) is 5.69 Å². The van der Waals surface area contributed by atoms with Gasteiger partial charge in [0.15, 0.2) is 0 Å². The highest BCUT2D eigenvalue weighted by atomic mass is 35.5. The zero-order valence-corrected chi connectivity index (χ0v) is 8.90. The lowest BCUT2D eigenvalue weighted by Gasteiger charge is -2.05. The molecule has 0 heterocycles. The predicted molar refractivity (Wildman–Crippen MR) is 57.5 cm³/mol. The second kappa shape index (κ2) is 5.43. The number of nitro groups is 1. The summed E-state index contributed by atoms with van der Waals surface area (Å²) in [5, 5.41) is 21.2. The van der Waals surface area contributed by atoms with Gasteiger partial charge >= 0.3 is 0 Å². The fourth-order valence-corrected chi connectivity index (χ4v) is 1.38. The highest BCUT2D eigenvalue weighted by Gasteiger charge is 2.19. The van der Waals surface area contributed by atoms with Crippen molar-refractivity contribution >= 4 is 23.2 Å². The number of carbonyl (C=O) groups is 1. The Morgan fingerprint density at radius 2 is 2.25 bits per heavy atom. The van der Waals surface area contributed by atoms with E-state index in [0.29, 0.717) is 0 Å². The fraction of sp³-hybridized carbons (Fsp3) is 0.222. The van der Waals surface area contributed by atoms with E-state index in [1.807, 2.05) is 0 Å². The minimum atomic E-state index is -0.662. The van der Waals surface area contributed by atoms with Crippen molar-refractivity contribution in [3.63, 3.8) is 0 Å². The maximum atomic E-state index is 11.5. The zero-order chi connectivity index (χ0) is 12.1. The van der Waals surface area contributed by atoms with Gasteiger partial charge in [0.2, 0.25) is 0 Å². The van der Waals surface area contributed by atoms with Crippen molar-refractivity contribution < 1.29 is 14.8 Å². The van der Waals surface area contributed by atoms with Gasteiger partial charge in [-0.1, -0.05) is 17.7 Å². The smallest absolute Gasteiger partial charge is 0.288 e. The molecule has 0 spiro atoms. The van der Waals surface area contributed by atoms with Gasteiger partial charge in [-0.05, 0) is 6.07 Å². The largest absolute Gasteiger partial charge is 0.395 e. The number of nitro benzene ring substituents is 1. The first-order valence-electron chi connectivity index (χ1n) is 4.40. The van der Waals surface area contributed by atoms with E-state index in [4.69, 9.17) is 16.7 Å². The standard InChI is InChI=1S/C9H9ClN2O4/c10-8-6(9(14)11-4-5-13)2-1-3-7(8)12(15)16/h1-3,13H,4-5H2,(H,11,14). The Morgan fingerprint density at radius 3 is 2.81 bits per heavy atom. The summed E-state index contributed by atoms with van der Waals surface area (Å²) in [6.07, 6.45) is 0. The summed E-state index contributed by atoms with van der Waals surface area (Å²) >= 11 is 5.71. The molecule has 0 fully saturated rings. The number of amides is 1. The van der Waals surface area contributed by atoms with Crippen molar-refractivity contribution in [1.82, 2.24) is 5.32 Å². The number of halogens is 1. The van der Waals surface area contributed by atoms with Crippen LogP contribution in [-0.2, 0) is 0 Å². The molecule has 0 aliphatic rings. The molecule has 6 nitrogen and oxygen atoms in total. The molecule has 0 aliphatic carbocycles. The lowest BCUT2D eigenvalue weighted by molar-refractivity contribution is -0.384. The quantitative estimate of drug-likeness (QED) is 0.610. The summed E-state index contributed by atoms with van der Waals surface area (Å²) < 4.78 is 0. The topological polar surface area (TPSA) is 92.5 Å². The second-order valence-corrected chi connectivity index (χ2v) is 3.25. The van der Waals surface area contributed by atoms with Gasteiger partial charge in [-0.15, -0.1) is 0 Å². The summed E-state index contributed by atoms with van der Waals surface area (Å²) in [5.41, 5.74) is -0.303. The Bertz CT molecular complexity index is 422. The zero-order valence-electron chi connectivity index (χ0n) is 8.14. The summed E-state index contributed by atoms with van der Waals surface area (Å²) in [6.45, 7) is -0.143. The molecule has 86 valence electrons. The first-order valence-corrected chi connectivity index (χ1v) is 4.77. The Hall–Kier alpha value is -1.66. The van der Waals surface area contributed by atoms with E-state index in [0.717, 1.165) is 0 Å². The average Bonchev–Trinajstić information content (AvgIpc) is 2.25. The number of carbonyl (C=O) groups excluding carboxylic acids is 1. The molecule has 0 unspecified atom stereocenters. The number of nitrogens with zero attached hydrogens (tertiary/aromatic N) is 1. The van der Waals surface area contributed by atoms with Gasteiger partial charge in [-0.25, -0.2) is 0 Å². The second-order valence-electron chi connectivity index (χ2n) is 2.88. The molecule has 1 amide bonds. The van der Waals surface area contributed by atoms with Crippen LogP contribution in [0.25, 0.3) is 0 Å². The van der Waals surface area contributed by atoms with Crippen molar-refractivity contribution in [2.45, 2.75) is 0 Å². The molecular weight excluding hydrogens is 236 g/mol. The number of benzene rings is 1. The van der Waals surface area contributed by atoms with Crippen LogP contribution in [0.1, 0.15) is 10.4 Å². The van der Waals surface area contributed by atoms with Crippen LogP contribution >= 0.6 is 11.6 Å². The van der Waals surface area contributed by atoms with Gasteiger partial charge in [0.1, 0.15) is 5.02 Å². The lowest BCUT2D eigenvalue weighted by atomic mass is 10.2.